The molecule has 0 amide bonds. The monoisotopic (exact) mass is 280 g/mol. The van der Waals surface area contributed by atoms with Gasteiger partial charge in [-0.15, -0.1) is 0 Å². The molecule has 7 nitrogen and oxygen atoms in total. The third-order valence-corrected chi connectivity index (χ3v) is 3.06. The summed E-state index contributed by atoms with van der Waals surface area (Å²) in [5.74, 6) is -0.541. The number of nitro benzene ring substituents is 1. The zero-order valence-electron chi connectivity index (χ0n) is 11.0. The number of nitrogens with two attached hydrogens (primary N) is 1. The summed E-state index contributed by atoms with van der Waals surface area (Å²) in [6, 6.07) is 3.03. The first-order valence-electron chi connectivity index (χ1n) is 5.92. The van der Waals surface area contributed by atoms with Gasteiger partial charge < -0.3 is 10.3 Å². The van der Waals surface area contributed by atoms with Crippen LogP contribution in [0.5, 0.6) is 0 Å². The fourth-order valence-electron chi connectivity index (χ4n) is 1.56. The van der Waals surface area contributed by atoms with Crippen molar-refractivity contribution in [1.82, 2.24) is 10.1 Å². The van der Waals surface area contributed by atoms with E-state index in [1.807, 2.05) is 6.92 Å². The van der Waals surface area contributed by atoms with Crippen LogP contribution in [0.3, 0.4) is 0 Å². The molecule has 0 aliphatic rings. The third-order valence-electron chi connectivity index (χ3n) is 3.06. The first kappa shape index (κ1) is 14.1. The summed E-state index contributed by atoms with van der Waals surface area (Å²) >= 11 is 0. The topological polar surface area (TPSA) is 108 Å². The Hall–Kier alpha value is -2.35. The number of halogens is 1. The van der Waals surface area contributed by atoms with Gasteiger partial charge in [0.25, 0.3) is 11.6 Å². The molecule has 0 aliphatic heterocycles. The SMILES string of the molecule is CCC(C)(N)c1noc(-c2cc(F)ccc2[N+](=O)[O-])n1. The molecule has 1 aromatic carbocycles. The molecule has 0 bridgehead atoms. The van der Waals surface area contributed by atoms with E-state index < -0.39 is 16.3 Å². The van der Waals surface area contributed by atoms with Crippen molar-refractivity contribution >= 4 is 5.69 Å². The molecule has 1 heterocycles. The summed E-state index contributed by atoms with van der Waals surface area (Å²) in [6.45, 7) is 3.56. The van der Waals surface area contributed by atoms with Gasteiger partial charge in [-0.1, -0.05) is 12.1 Å². The lowest BCUT2D eigenvalue weighted by molar-refractivity contribution is -0.384. The lowest BCUT2D eigenvalue weighted by Crippen LogP contribution is -2.33. The Morgan fingerprint density at radius 3 is 2.85 bits per heavy atom. The summed E-state index contributed by atoms with van der Waals surface area (Å²) in [5, 5.41) is 14.6. The molecule has 8 heteroatoms. The lowest BCUT2D eigenvalue weighted by Gasteiger charge is -2.16. The van der Waals surface area contributed by atoms with Gasteiger partial charge in [-0.3, -0.25) is 10.1 Å². The summed E-state index contributed by atoms with van der Waals surface area (Å²) in [5.41, 5.74) is 4.77. The van der Waals surface area contributed by atoms with E-state index in [-0.39, 0.29) is 23.0 Å². The van der Waals surface area contributed by atoms with Crippen molar-refractivity contribution in [2.75, 3.05) is 0 Å². The Morgan fingerprint density at radius 2 is 2.25 bits per heavy atom. The molecule has 0 saturated heterocycles. The molecule has 106 valence electrons. The average Bonchev–Trinajstić information content (AvgIpc) is 2.88. The van der Waals surface area contributed by atoms with Crippen LogP contribution in [0.25, 0.3) is 11.5 Å². The van der Waals surface area contributed by atoms with Crippen LogP contribution in [-0.4, -0.2) is 15.1 Å². The minimum absolute atomic E-state index is 0.0688. The van der Waals surface area contributed by atoms with Crippen LogP contribution >= 0.6 is 0 Å². The van der Waals surface area contributed by atoms with E-state index >= 15 is 0 Å². The van der Waals surface area contributed by atoms with Crippen LogP contribution in [0, 0.1) is 15.9 Å². The van der Waals surface area contributed by atoms with Gasteiger partial charge in [0.15, 0.2) is 5.82 Å². The van der Waals surface area contributed by atoms with Gasteiger partial charge in [0.05, 0.1) is 10.5 Å². The van der Waals surface area contributed by atoms with Gasteiger partial charge >= 0.3 is 0 Å². The fourth-order valence-corrected chi connectivity index (χ4v) is 1.56. The molecular formula is C12H13FN4O3. The molecular weight excluding hydrogens is 267 g/mol. The standard InChI is InChI=1S/C12H13FN4O3/c1-3-12(2,14)11-15-10(20-16-11)8-6-7(13)4-5-9(8)17(18)19/h4-6H,3,14H2,1-2H3. The molecule has 0 radical (unpaired) electrons. The zero-order valence-corrected chi connectivity index (χ0v) is 11.0. The summed E-state index contributed by atoms with van der Waals surface area (Å²) in [7, 11) is 0. The molecule has 1 unspecified atom stereocenters. The smallest absolute Gasteiger partial charge is 0.282 e. The second kappa shape index (κ2) is 4.97. The van der Waals surface area contributed by atoms with Crippen LogP contribution < -0.4 is 5.73 Å². The van der Waals surface area contributed by atoms with Crippen molar-refractivity contribution in [2.24, 2.45) is 5.73 Å². The van der Waals surface area contributed by atoms with Crippen LogP contribution in [0.1, 0.15) is 26.1 Å². The largest absolute Gasteiger partial charge is 0.334 e. The van der Waals surface area contributed by atoms with Crippen molar-refractivity contribution in [1.29, 1.82) is 0 Å². The quantitative estimate of drug-likeness (QED) is 0.680. The Bertz CT molecular complexity index is 654. The maximum absolute atomic E-state index is 13.3. The van der Waals surface area contributed by atoms with E-state index in [9.17, 15) is 14.5 Å². The summed E-state index contributed by atoms with van der Waals surface area (Å²) in [6.07, 6.45) is 0.553. The van der Waals surface area contributed by atoms with Crippen molar-refractivity contribution in [2.45, 2.75) is 25.8 Å². The minimum atomic E-state index is -0.816. The van der Waals surface area contributed by atoms with Crippen molar-refractivity contribution in [3.05, 3.63) is 40.0 Å². The second-order valence-electron chi connectivity index (χ2n) is 4.61. The molecule has 2 N–H and O–H groups in total. The number of hydrogen-bond donors (Lipinski definition) is 1. The molecule has 20 heavy (non-hydrogen) atoms. The normalized spacial score (nSPS) is 14.0. The highest BCUT2D eigenvalue weighted by molar-refractivity contribution is 5.66. The van der Waals surface area contributed by atoms with Gasteiger partial charge in [0.2, 0.25) is 0 Å². The first-order chi connectivity index (χ1) is 9.35. The van der Waals surface area contributed by atoms with Crippen molar-refractivity contribution in [3.8, 4) is 11.5 Å². The Morgan fingerprint density at radius 1 is 1.55 bits per heavy atom. The lowest BCUT2D eigenvalue weighted by atomic mass is 10.00. The number of rotatable bonds is 4. The maximum atomic E-state index is 13.3. The molecule has 2 rings (SSSR count). The summed E-state index contributed by atoms with van der Waals surface area (Å²) < 4.78 is 18.2. The minimum Gasteiger partial charge on any atom is -0.334 e. The van der Waals surface area contributed by atoms with Gasteiger partial charge in [-0.05, 0) is 25.5 Å². The van der Waals surface area contributed by atoms with Crippen LogP contribution in [-0.2, 0) is 5.54 Å². The highest BCUT2D eigenvalue weighted by atomic mass is 19.1. The predicted molar refractivity (Wildman–Crippen MR) is 68.2 cm³/mol. The Kier molecular flexibility index (Phi) is 3.49. The van der Waals surface area contributed by atoms with Crippen molar-refractivity contribution < 1.29 is 13.8 Å². The second-order valence-corrected chi connectivity index (χ2v) is 4.61. The molecule has 0 spiro atoms. The third kappa shape index (κ3) is 2.50. The number of nitrogens with zero attached hydrogens (tertiary/aromatic N) is 3. The molecule has 1 aromatic heterocycles. The van der Waals surface area contributed by atoms with Crippen LogP contribution in [0.4, 0.5) is 10.1 Å². The molecule has 1 atom stereocenters. The van der Waals surface area contributed by atoms with Gasteiger partial charge in [-0.2, -0.15) is 4.98 Å². The average molecular weight is 280 g/mol. The summed E-state index contributed by atoms with van der Waals surface area (Å²) in [4.78, 5) is 14.3. The number of benzene rings is 1. The van der Waals surface area contributed by atoms with E-state index in [0.717, 1.165) is 18.2 Å². The first-order valence-corrected chi connectivity index (χ1v) is 5.92. The van der Waals surface area contributed by atoms with Crippen LogP contribution in [0.15, 0.2) is 22.7 Å². The molecule has 0 saturated carbocycles. The predicted octanol–water partition coefficient (Wildman–Crippen LogP) is 2.37. The van der Waals surface area contributed by atoms with E-state index in [1.54, 1.807) is 6.92 Å². The number of nitro groups is 1. The maximum Gasteiger partial charge on any atom is 0.282 e. The zero-order chi connectivity index (χ0) is 14.9. The highest BCUT2D eigenvalue weighted by Gasteiger charge is 2.28. The van der Waals surface area contributed by atoms with Gasteiger partial charge in [-0.25, -0.2) is 4.39 Å². The van der Waals surface area contributed by atoms with E-state index in [2.05, 4.69) is 10.1 Å². The number of aromatic nitrogens is 2. The van der Waals surface area contributed by atoms with Crippen molar-refractivity contribution in [3.63, 3.8) is 0 Å². The number of hydrogen-bond acceptors (Lipinski definition) is 6. The fraction of sp³-hybridized carbons (Fsp3) is 0.333. The highest BCUT2D eigenvalue weighted by Crippen LogP contribution is 2.30. The Balaban J connectivity index is 2.52. The molecule has 0 fully saturated rings. The van der Waals surface area contributed by atoms with Gasteiger partial charge in [0, 0.05) is 6.07 Å². The van der Waals surface area contributed by atoms with Crippen LogP contribution in [0.2, 0.25) is 0 Å². The van der Waals surface area contributed by atoms with Gasteiger partial charge in [0.1, 0.15) is 11.4 Å². The van der Waals surface area contributed by atoms with E-state index in [0.29, 0.717) is 6.42 Å². The van der Waals surface area contributed by atoms with E-state index in [4.69, 9.17) is 10.3 Å². The molecule has 0 aliphatic carbocycles. The Labute approximate surface area is 113 Å². The van der Waals surface area contributed by atoms with E-state index in [1.165, 1.54) is 0 Å². The molecule has 2 aromatic rings.